The Bertz CT molecular complexity index is 572. The SMILES string of the molecule is Cc1cccc(C(CNC2CC2)Cc2nc(C)cs2)c1. The number of hydrogen-bond acceptors (Lipinski definition) is 3. The first-order chi connectivity index (χ1) is 9.70. The van der Waals surface area contributed by atoms with Crippen molar-refractivity contribution in [3.8, 4) is 0 Å². The summed E-state index contributed by atoms with van der Waals surface area (Å²) in [5.74, 6) is 0.529. The van der Waals surface area contributed by atoms with E-state index in [0.717, 1.165) is 24.7 Å². The molecule has 3 heteroatoms. The minimum Gasteiger partial charge on any atom is -0.313 e. The largest absolute Gasteiger partial charge is 0.313 e. The molecule has 1 aromatic carbocycles. The number of hydrogen-bond donors (Lipinski definition) is 1. The van der Waals surface area contributed by atoms with Crippen LogP contribution in [0.15, 0.2) is 29.6 Å². The second-order valence-corrected chi connectivity index (χ2v) is 6.82. The van der Waals surface area contributed by atoms with Gasteiger partial charge in [-0.2, -0.15) is 0 Å². The highest BCUT2D eigenvalue weighted by Gasteiger charge is 2.23. The van der Waals surface area contributed by atoms with E-state index in [4.69, 9.17) is 0 Å². The fourth-order valence-electron chi connectivity index (χ4n) is 2.54. The van der Waals surface area contributed by atoms with E-state index in [1.807, 2.05) is 0 Å². The lowest BCUT2D eigenvalue weighted by molar-refractivity contribution is 0.575. The molecule has 0 aliphatic heterocycles. The second kappa shape index (κ2) is 6.06. The molecule has 0 saturated heterocycles. The summed E-state index contributed by atoms with van der Waals surface area (Å²) in [6.45, 7) is 5.30. The van der Waals surface area contributed by atoms with Gasteiger partial charge in [-0.3, -0.25) is 0 Å². The van der Waals surface area contributed by atoms with Crippen molar-refractivity contribution in [3.63, 3.8) is 0 Å². The molecule has 2 aromatic rings. The van der Waals surface area contributed by atoms with E-state index >= 15 is 0 Å². The molecule has 1 aliphatic carbocycles. The Labute approximate surface area is 125 Å². The molecule has 0 amide bonds. The minimum absolute atomic E-state index is 0.529. The van der Waals surface area contributed by atoms with Crippen LogP contribution in [-0.2, 0) is 6.42 Å². The van der Waals surface area contributed by atoms with E-state index in [1.54, 1.807) is 11.3 Å². The summed E-state index contributed by atoms with van der Waals surface area (Å²) < 4.78 is 0. The Morgan fingerprint density at radius 3 is 2.85 bits per heavy atom. The molecule has 3 rings (SSSR count). The lowest BCUT2D eigenvalue weighted by Crippen LogP contribution is -2.24. The van der Waals surface area contributed by atoms with Gasteiger partial charge in [0, 0.05) is 36.0 Å². The van der Waals surface area contributed by atoms with Crippen molar-refractivity contribution in [3.05, 3.63) is 51.5 Å². The van der Waals surface area contributed by atoms with E-state index in [9.17, 15) is 0 Å². The van der Waals surface area contributed by atoms with Crippen molar-refractivity contribution in [2.45, 2.75) is 45.1 Å². The van der Waals surface area contributed by atoms with E-state index in [1.165, 1.54) is 29.0 Å². The third kappa shape index (κ3) is 3.68. The van der Waals surface area contributed by atoms with Gasteiger partial charge in [-0.25, -0.2) is 4.98 Å². The number of benzene rings is 1. The zero-order valence-corrected chi connectivity index (χ0v) is 13.0. The average molecular weight is 286 g/mol. The molecule has 106 valence electrons. The maximum absolute atomic E-state index is 4.63. The maximum atomic E-state index is 4.63. The van der Waals surface area contributed by atoms with Crippen LogP contribution >= 0.6 is 11.3 Å². The zero-order chi connectivity index (χ0) is 13.9. The van der Waals surface area contributed by atoms with Crippen LogP contribution in [-0.4, -0.2) is 17.6 Å². The molecule has 0 radical (unpaired) electrons. The second-order valence-electron chi connectivity index (χ2n) is 5.88. The molecular weight excluding hydrogens is 264 g/mol. The Balaban J connectivity index is 1.74. The fourth-order valence-corrected chi connectivity index (χ4v) is 3.39. The van der Waals surface area contributed by atoms with Crippen LogP contribution in [0, 0.1) is 13.8 Å². The monoisotopic (exact) mass is 286 g/mol. The molecule has 20 heavy (non-hydrogen) atoms. The Kier molecular flexibility index (Phi) is 4.18. The Morgan fingerprint density at radius 2 is 2.20 bits per heavy atom. The van der Waals surface area contributed by atoms with Gasteiger partial charge >= 0.3 is 0 Å². The third-order valence-corrected chi connectivity index (χ3v) is 4.82. The first kappa shape index (κ1) is 13.8. The molecule has 1 aromatic heterocycles. The van der Waals surface area contributed by atoms with Crippen LogP contribution in [0.4, 0.5) is 0 Å². The number of aryl methyl sites for hydroxylation is 2. The van der Waals surface area contributed by atoms with Gasteiger partial charge in [0.15, 0.2) is 0 Å². The normalized spacial score (nSPS) is 16.3. The topological polar surface area (TPSA) is 24.9 Å². The summed E-state index contributed by atoms with van der Waals surface area (Å²) in [5, 5.41) is 7.08. The number of thiazole rings is 1. The maximum Gasteiger partial charge on any atom is 0.0934 e. The molecule has 1 unspecified atom stereocenters. The molecule has 0 bridgehead atoms. The predicted molar refractivity (Wildman–Crippen MR) is 85.5 cm³/mol. The van der Waals surface area contributed by atoms with Gasteiger partial charge in [0.1, 0.15) is 0 Å². The number of rotatable bonds is 6. The van der Waals surface area contributed by atoms with Crippen molar-refractivity contribution in [2.24, 2.45) is 0 Å². The van der Waals surface area contributed by atoms with Gasteiger partial charge in [0.05, 0.1) is 5.01 Å². The summed E-state index contributed by atoms with van der Waals surface area (Å²) in [6, 6.07) is 9.68. The van der Waals surface area contributed by atoms with Gasteiger partial charge in [0.25, 0.3) is 0 Å². The van der Waals surface area contributed by atoms with Crippen LogP contribution in [0.25, 0.3) is 0 Å². The van der Waals surface area contributed by atoms with Crippen molar-refractivity contribution in [1.29, 1.82) is 0 Å². The van der Waals surface area contributed by atoms with Crippen molar-refractivity contribution >= 4 is 11.3 Å². The number of nitrogens with zero attached hydrogens (tertiary/aromatic N) is 1. The fraction of sp³-hybridized carbons (Fsp3) is 0.471. The van der Waals surface area contributed by atoms with Crippen molar-refractivity contribution < 1.29 is 0 Å². The molecule has 0 spiro atoms. The lowest BCUT2D eigenvalue weighted by atomic mass is 9.94. The van der Waals surface area contributed by atoms with Gasteiger partial charge in [-0.1, -0.05) is 29.8 Å². The van der Waals surface area contributed by atoms with Crippen LogP contribution in [0.3, 0.4) is 0 Å². The van der Waals surface area contributed by atoms with E-state index < -0.39 is 0 Å². The quantitative estimate of drug-likeness (QED) is 0.873. The zero-order valence-electron chi connectivity index (χ0n) is 12.2. The van der Waals surface area contributed by atoms with E-state index in [-0.39, 0.29) is 0 Å². The van der Waals surface area contributed by atoms with Crippen LogP contribution in [0.5, 0.6) is 0 Å². The molecule has 2 nitrogen and oxygen atoms in total. The predicted octanol–water partition coefficient (Wildman–Crippen LogP) is 3.84. The third-order valence-electron chi connectivity index (χ3n) is 3.83. The average Bonchev–Trinajstić information content (AvgIpc) is 3.17. The molecular formula is C17H22N2S. The highest BCUT2D eigenvalue weighted by molar-refractivity contribution is 7.09. The standard InChI is InChI=1S/C17H22N2S/c1-12-4-3-5-14(8-12)15(10-18-16-6-7-16)9-17-19-13(2)11-20-17/h3-5,8,11,15-16,18H,6-7,9-10H2,1-2H3. The molecule has 1 N–H and O–H groups in total. The summed E-state index contributed by atoms with van der Waals surface area (Å²) in [6.07, 6.45) is 3.73. The Hall–Kier alpha value is -1.19. The molecule has 1 atom stereocenters. The lowest BCUT2D eigenvalue weighted by Gasteiger charge is -2.17. The number of nitrogens with one attached hydrogen (secondary N) is 1. The molecule has 1 heterocycles. The van der Waals surface area contributed by atoms with Crippen molar-refractivity contribution in [2.75, 3.05) is 6.54 Å². The first-order valence-corrected chi connectivity index (χ1v) is 8.29. The van der Waals surface area contributed by atoms with Gasteiger partial charge in [0.2, 0.25) is 0 Å². The van der Waals surface area contributed by atoms with Gasteiger partial charge in [-0.15, -0.1) is 11.3 Å². The highest BCUT2D eigenvalue weighted by Crippen LogP contribution is 2.25. The number of aromatic nitrogens is 1. The van der Waals surface area contributed by atoms with Crippen molar-refractivity contribution in [1.82, 2.24) is 10.3 Å². The summed E-state index contributed by atoms with van der Waals surface area (Å²) >= 11 is 1.79. The smallest absolute Gasteiger partial charge is 0.0934 e. The first-order valence-electron chi connectivity index (χ1n) is 7.41. The van der Waals surface area contributed by atoms with E-state index in [0.29, 0.717) is 5.92 Å². The minimum atomic E-state index is 0.529. The molecule has 1 saturated carbocycles. The van der Waals surface area contributed by atoms with Crippen LogP contribution in [0.2, 0.25) is 0 Å². The molecule has 1 fully saturated rings. The highest BCUT2D eigenvalue weighted by atomic mass is 32.1. The summed E-state index contributed by atoms with van der Waals surface area (Å²) in [4.78, 5) is 4.63. The van der Waals surface area contributed by atoms with E-state index in [2.05, 4.69) is 53.8 Å². The van der Waals surface area contributed by atoms with Gasteiger partial charge < -0.3 is 5.32 Å². The summed E-state index contributed by atoms with van der Waals surface area (Å²) in [7, 11) is 0. The van der Waals surface area contributed by atoms with Crippen LogP contribution in [0.1, 0.15) is 40.6 Å². The van der Waals surface area contributed by atoms with Crippen LogP contribution < -0.4 is 5.32 Å². The Morgan fingerprint density at radius 1 is 1.35 bits per heavy atom. The van der Waals surface area contributed by atoms with Gasteiger partial charge in [-0.05, 0) is 32.3 Å². The molecule has 1 aliphatic rings. The summed E-state index contributed by atoms with van der Waals surface area (Å²) in [5.41, 5.74) is 3.92.